The first-order valence-corrected chi connectivity index (χ1v) is 10.9. The summed E-state index contributed by atoms with van der Waals surface area (Å²) in [6.45, 7) is 4.28. The molecule has 1 aromatic heterocycles. The second-order valence-corrected chi connectivity index (χ2v) is 7.73. The Morgan fingerprint density at radius 2 is 1.89 bits per heavy atom. The van der Waals surface area contributed by atoms with Crippen LogP contribution < -0.4 is 20.9 Å². The summed E-state index contributed by atoms with van der Waals surface area (Å²) in [6.07, 6.45) is 3.20. The largest absolute Gasteiger partial charge is 0.354 e. The molecule has 35 heavy (non-hydrogen) atoms. The first kappa shape index (κ1) is 25.6. The quantitative estimate of drug-likeness (QED) is 0.279. The summed E-state index contributed by atoms with van der Waals surface area (Å²) in [5.41, 5.74) is 0.786. The predicted molar refractivity (Wildman–Crippen MR) is 132 cm³/mol. The van der Waals surface area contributed by atoms with Crippen LogP contribution in [-0.4, -0.2) is 41.9 Å². The van der Waals surface area contributed by atoms with Crippen molar-refractivity contribution in [1.82, 2.24) is 15.3 Å². The number of benzene rings is 2. The highest BCUT2D eigenvalue weighted by atomic mass is 35.5. The van der Waals surface area contributed by atoms with Crippen molar-refractivity contribution in [2.75, 3.05) is 35.7 Å². The number of aromatic nitrogens is 2. The number of amides is 2. The fraction of sp³-hybridized carbons (Fsp3) is 0.167. The molecular weight excluding hydrogens is 478 g/mol. The summed E-state index contributed by atoms with van der Waals surface area (Å²) in [6, 6.07) is 9.73. The van der Waals surface area contributed by atoms with Crippen LogP contribution in [0.3, 0.4) is 0 Å². The molecule has 182 valence electrons. The molecule has 0 aliphatic heterocycles. The van der Waals surface area contributed by atoms with Crippen LogP contribution in [0.1, 0.15) is 16.8 Å². The van der Waals surface area contributed by atoms with Crippen molar-refractivity contribution < 1.29 is 18.4 Å². The molecule has 0 aliphatic carbocycles. The topological polar surface area (TPSA) is 99.3 Å². The van der Waals surface area contributed by atoms with Gasteiger partial charge in [0.1, 0.15) is 11.6 Å². The highest BCUT2D eigenvalue weighted by Crippen LogP contribution is 2.31. The minimum absolute atomic E-state index is 0.0139. The van der Waals surface area contributed by atoms with Crippen LogP contribution in [0, 0.1) is 11.6 Å². The molecule has 3 aromatic rings. The van der Waals surface area contributed by atoms with Crippen LogP contribution in [0.5, 0.6) is 0 Å². The number of carbonyl (C=O) groups is 2. The molecule has 0 bridgehead atoms. The van der Waals surface area contributed by atoms with Gasteiger partial charge >= 0.3 is 0 Å². The molecular formula is C24H23ClF2N6O2. The Morgan fingerprint density at radius 1 is 1.14 bits per heavy atom. The molecule has 0 atom stereocenters. The molecule has 3 N–H and O–H groups in total. The number of hydrogen-bond acceptors (Lipinski definition) is 6. The summed E-state index contributed by atoms with van der Waals surface area (Å²) in [7, 11) is 1.41. The molecule has 3 rings (SSSR count). The zero-order valence-corrected chi connectivity index (χ0v) is 19.6. The maximum Gasteiger partial charge on any atom is 0.251 e. The number of halogens is 3. The van der Waals surface area contributed by atoms with Crippen molar-refractivity contribution in [3.8, 4) is 0 Å². The third kappa shape index (κ3) is 6.97. The zero-order chi connectivity index (χ0) is 25.4. The summed E-state index contributed by atoms with van der Waals surface area (Å²) in [5, 5.41) is 8.65. The van der Waals surface area contributed by atoms with Crippen LogP contribution in [0.15, 0.2) is 61.3 Å². The van der Waals surface area contributed by atoms with E-state index in [2.05, 4.69) is 32.5 Å². The van der Waals surface area contributed by atoms with Crippen LogP contribution in [0.2, 0.25) is 5.02 Å². The average molecular weight is 501 g/mol. The Balaban J connectivity index is 1.55. The van der Waals surface area contributed by atoms with Crippen molar-refractivity contribution in [3.63, 3.8) is 0 Å². The first-order valence-electron chi connectivity index (χ1n) is 10.6. The summed E-state index contributed by atoms with van der Waals surface area (Å²) >= 11 is 6.00. The number of hydrogen-bond donors (Lipinski definition) is 3. The van der Waals surface area contributed by atoms with Crippen molar-refractivity contribution in [3.05, 3.63) is 83.5 Å². The second kappa shape index (κ2) is 11.9. The van der Waals surface area contributed by atoms with E-state index in [0.717, 1.165) is 11.0 Å². The third-order valence-electron chi connectivity index (χ3n) is 4.83. The fourth-order valence-electron chi connectivity index (χ4n) is 3.00. The Morgan fingerprint density at radius 3 is 2.60 bits per heavy atom. The maximum atomic E-state index is 14.4. The van der Waals surface area contributed by atoms with Crippen LogP contribution in [-0.2, 0) is 4.79 Å². The normalized spacial score (nSPS) is 10.4. The SMILES string of the molecule is C=CC(=O)N(C)c1cc(Nc2ccnc(NCCCNC(=O)c3ccc(F)cc3)n2)cc(Cl)c1F. The van der Waals surface area contributed by atoms with Gasteiger partial charge in [-0.1, -0.05) is 18.2 Å². The molecule has 11 heteroatoms. The van der Waals surface area contributed by atoms with Gasteiger partial charge in [0, 0.05) is 37.6 Å². The fourth-order valence-corrected chi connectivity index (χ4v) is 3.22. The molecule has 0 unspecified atom stereocenters. The van der Waals surface area contributed by atoms with Gasteiger partial charge in [-0.05, 0) is 55.0 Å². The number of likely N-dealkylation sites (N-methyl/N-ethyl adjacent to an activating group) is 1. The van der Waals surface area contributed by atoms with Gasteiger partial charge < -0.3 is 20.9 Å². The Bertz CT molecular complexity index is 1220. The minimum atomic E-state index is -0.730. The Kier molecular flexibility index (Phi) is 8.69. The summed E-state index contributed by atoms with van der Waals surface area (Å²) in [5.74, 6) is -1.15. The number of anilines is 4. The molecule has 0 saturated carbocycles. The van der Waals surface area contributed by atoms with E-state index < -0.39 is 17.5 Å². The molecule has 0 fully saturated rings. The van der Waals surface area contributed by atoms with E-state index in [1.807, 2.05) is 0 Å². The lowest BCUT2D eigenvalue weighted by Crippen LogP contribution is -2.25. The summed E-state index contributed by atoms with van der Waals surface area (Å²) in [4.78, 5) is 33.5. The standard InChI is InChI=1S/C24H23ClF2N6O2/c1-3-21(34)33(2)19-14-17(13-18(25)22(19)27)31-20-9-12-30-24(32-20)29-11-4-10-28-23(35)15-5-7-16(26)8-6-15/h3,5-9,12-14H,1,4,10-11H2,2H3,(H,28,35)(H2,29,30,31,32). The van der Waals surface area contributed by atoms with Crippen LogP contribution in [0.4, 0.5) is 31.9 Å². The first-order chi connectivity index (χ1) is 16.8. The van der Waals surface area contributed by atoms with Crippen LogP contribution >= 0.6 is 11.6 Å². The highest BCUT2D eigenvalue weighted by Gasteiger charge is 2.17. The zero-order valence-electron chi connectivity index (χ0n) is 18.8. The molecule has 2 amide bonds. The van der Waals surface area contributed by atoms with Crippen molar-refractivity contribution in [2.24, 2.45) is 0 Å². The maximum absolute atomic E-state index is 14.4. The van der Waals surface area contributed by atoms with E-state index >= 15 is 0 Å². The number of rotatable bonds is 10. The Labute approximate surface area is 206 Å². The molecule has 0 aliphatic rings. The minimum Gasteiger partial charge on any atom is -0.354 e. The van der Waals surface area contributed by atoms with E-state index in [4.69, 9.17) is 11.6 Å². The lowest BCUT2D eigenvalue weighted by atomic mass is 10.2. The van der Waals surface area contributed by atoms with Gasteiger partial charge in [0.2, 0.25) is 11.9 Å². The summed E-state index contributed by atoms with van der Waals surface area (Å²) < 4.78 is 27.4. The van der Waals surface area contributed by atoms with E-state index in [-0.39, 0.29) is 16.6 Å². The van der Waals surface area contributed by atoms with E-state index in [0.29, 0.717) is 42.5 Å². The van der Waals surface area contributed by atoms with E-state index in [9.17, 15) is 18.4 Å². The Hall–Kier alpha value is -4.05. The molecule has 2 aromatic carbocycles. The molecule has 1 heterocycles. The van der Waals surface area contributed by atoms with E-state index in [1.54, 1.807) is 6.07 Å². The van der Waals surface area contributed by atoms with Gasteiger partial charge in [-0.25, -0.2) is 13.8 Å². The number of carbonyl (C=O) groups excluding carboxylic acids is 2. The predicted octanol–water partition coefficient (Wildman–Crippen LogP) is 4.53. The van der Waals surface area contributed by atoms with Crippen molar-refractivity contribution in [2.45, 2.75) is 6.42 Å². The van der Waals surface area contributed by atoms with Gasteiger partial charge in [0.05, 0.1) is 10.7 Å². The second-order valence-electron chi connectivity index (χ2n) is 7.33. The average Bonchev–Trinajstić information content (AvgIpc) is 2.85. The van der Waals surface area contributed by atoms with E-state index in [1.165, 1.54) is 49.6 Å². The number of nitrogens with one attached hydrogen (secondary N) is 3. The van der Waals surface area contributed by atoms with Gasteiger partial charge in [0.15, 0.2) is 5.82 Å². The van der Waals surface area contributed by atoms with Gasteiger partial charge in [0.25, 0.3) is 5.91 Å². The van der Waals surface area contributed by atoms with Crippen LogP contribution in [0.25, 0.3) is 0 Å². The third-order valence-corrected chi connectivity index (χ3v) is 5.11. The smallest absolute Gasteiger partial charge is 0.251 e. The highest BCUT2D eigenvalue weighted by molar-refractivity contribution is 6.31. The van der Waals surface area contributed by atoms with Gasteiger partial charge in [-0.3, -0.25) is 9.59 Å². The molecule has 0 radical (unpaired) electrons. The monoisotopic (exact) mass is 500 g/mol. The number of nitrogens with zero attached hydrogens (tertiary/aromatic N) is 3. The molecule has 0 saturated heterocycles. The van der Waals surface area contributed by atoms with Crippen molar-refractivity contribution in [1.29, 1.82) is 0 Å². The lowest BCUT2D eigenvalue weighted by Gasteiger charge is -2.18. The molecule has 0 spiro atoms. The van der Waals surface area contributed by atoms with Gasteiger partial charge in [-0.15, -0.1) is 0 Å². The van der Waals surface area contributed by atoms with Gasteiger partial charge in [-0.2, -0.15) is 4.98 Å². The lowest BCUT2D eigenvalue weighted by molar-refractivity contribution is -0.113. The van der Waals surface area contributed by atoms with Crippen molar-refractivity contribution >= 4 is 46.6 Å². The molecule has 8 nitrogen and oxygen atoms in total.